The van der Waals surface area contributed by atoms with E-state index in [4.69, 9.17) is 4.74 Å². The van der Waals surface area contributed by atoms with Crippen LogP contribution in [0.2, 0.25) is 0 Å². The number of nitrogens with one attached hydrogen (secondary N) is 1. The molecule has 112 valence electrons. The first kappa shape index (κ1) is 15.4. The maximum Gasteiger partial charge on any atom is 0.283 e. The predicted octanol–water partition coefficient (Wildman–Crippen LogP) is 1.33. The number of rotatable bonds is 5. The summed E-state index contributed by atoms with van der Waals surface area (Å²) in [6.07, 6.45) is 1.47. The van der Waals surface area contributed by atoms with Gasteiger partial charge in [0, 0.05) is 18.7 Å². The van der Waals surface area contributed by atoms with Gasteiger partial charge in [0.15, 0.2) is 0 Å². The molecule has 0 radical (unpaired) electrons. The zero-order chi connectivity index (χ0) is 15.5. The molecule has 0 bridgehead atoms. The lowest BCUT2D eigenvalue weighted by atomic mass is 10.1. The minimum atomic E-state index is -3.80. The Morgan fingerprint density at radius 1 is 1.33 bits per heavy atom. The number of hydrogen-bond donors (Lipinski definition) is 1. The molecule has 0 aliphatic heterocycles. The van der Waals surface area contributed by atoms with E-state index < -0.39 is 21.2 Å². The SMILES string of the molecule is COC[C@@H](C)S(=O)(=O)NC(=O)c1nccc2ccccc12. The fourth-order valence-corrected chi connectivity index (χ4v) is 2.77. The number of benzene rings is 1. The van der Waals surface area contributed by atoms with E-state index in [1.165, 1.54) is 20.2 Å². The Kier molecular flexibility index (Phi) is 4.54. The monoisotopic (exact) mass is 308 g/mol. The van der Waals surface area contributed by atoms with Crippen LogP contribution < -0.4 is 4.72 Å². The van der Waals surface area contributed by atoms with Gasteiger partial charge in [-0.1, -0.05) is 24.3 Å². The van der Waals surface area contributed by atoms with Crippen LogP contribution in [0.5, 0.6) is 0 Å². The summed E-state index contributed by atoms with van der Waals surface area (Å²) in [7, 11) is -2.40. The third-order valence-corrected chi connectivity index (χ3v) is 4.72. The molecule has 1 heterocycles. The Morgan fingerprint density at radius 3 is 2.76 bits per heavy atom. The van der Waals surface area contributed by atoms with Crippen molar-refractivity contribution in [2.45, 2.75) is 12.2 Å². The number of sulfonamides is 1. The predicted molar refractivity (Wildman–Crippen MR) is 79.5 cm³/mol. The maximum absolute atomic E-state index is 12.2. The summed E-state index contributed by atoms with van der Waals surface area (Å²) in [6.45, 7) is 1.47. The molecule has 1 N–H and O–H groups in total. The van der Waals surface area contributed by atoms with E-state index in [0.717, 1.165) is 5.39 Å². The molecule has 0 fully saturated rings. The van der Waals surface area contributed by atoms with Gasteiger partial charge in [-0.15, -0.1) is 0 Å². The Hall–Kier alpha value is -1.99. The molecule has 0 aliphatic rings. The van der Waals surface area contributed by atoms with E-state index >= 15 is 0 Å². The van der Waals surface area contributed by atoms with Gasteiger partial charge < -0.3 is 4.74 Å². The summed E-state index contributed by atoms with van der Waals surface area (Å²) >= 11 is 0. The van der Waals surface area contributed by atoms with Crippen LogP contribution in [0.15, 0.2) is 36.5 Å². The van der Waals surface area contributed by atoms with Crippen molar-refractivity contribution in [1.29, 1.82) is 0 Å². The van der Waals surface area contributed by atoms with Gasteiger partial charge in [-0.25, -0.2) is 13.1 Å². The number of fused-ring (bicyclic) bond motifs is 1. The molecule has 0 spiro atoms. The number of nitrogens with zero attached hydrogens (tertiary/aromatic N) is 1. The highest BCUT2D eigenvalue weighted by molar-refractivity contribution is 7.90. The summed E-state index contributed by atoms with van der Waals surface area (Å²) in [4.78, 5) is 16.2. The molecule has 0 saturated carbocycles. The zero-order valence-corrected chi connectivity index (χ0v) is 12.6. The molecule has 1 aromatic heterocycles. The Labute approximate surface area is 123 Å². The normalized spacial score (nSPS) is 13.0. The molecule has 0 saturated heterocycles. The van der Waals surface area contributed by atoms with Crippen molar-refractivity contribution in [2.75, 3.05) is 13.7 Å². The summed E-state index contributed by atoms with van der Waals surface area (Å²) in [5.74, 6) is -0.741. The van der Waals surface area contributed by atoms with E-state index in [9.17, 15) is 13.2 Å². The maximum atomic E-state index is 12.2. The van der Waals surface area contributed by atoms with Gasteiger partial charge in [-0.3, -0.25) is 9.78 Å². The fraction of sp³-hybridized carbons (Fsp3) is 0.286. The van der Waals surface area contributed by atoms with Crippen LogP contribution in [0.1, 0.15) is 17.4 Å². The number of aromatic nitrogens is 1. The van der Waals surface area contributed by atoms with Gasteiger partial charge in [0.25, 0.3) is 5.91 Å². The number of pyridine rings is 1. The molecule has 7 heteroatoms. The third kappa shape index (κ3) is 3.37. The lowest BCUT2D eigenvalue weighted by Crippen LogP contribution is -2.39. The summed E-state index contributed by atoms with van der Waals surface area (Å²) in [5, 5.41) is 0.591. The van der Waals surface area contributed by atoms with Crippen LogP contribution in [-0.2, 0) is 14.8 Å². The van der Waals surface area contributed by atoms with Gasteiger partial charge in [-0.2, -0.15) is 0 Å². The smallest absolute Gasteiger partial charge is 0.283 e. The minimum Gasteiger partial charge on any atom is -0.383 e. The molecule has 0 aliphatic carbocycles. The lowest BCUT2D eigenvalue weighted by molar-refractivity contribution is 0.0977. The van der Waals surface area contributed by atoms with E-state index in [1.807, 2.05) is 16.9 Å². The van der Waals surface area contributed by atoms with Crippen molar-refractivity contribution in [2.24, 2.45) is 0 Å². The molecule has 1 atom stereocenters. The molecule has 6 nitrogen and oxygen atoms in total. The minimum absolute atomic E-state index is 0.00554. The first-order chi connectivity index (χ1) is 9.95. The Bertz CT molecular complexity index is 753. The summed E-state index contributed by atoms with van der Waals surface area (Å²) < 4.78 is 30.8. The van der Waals surface area contributed by atoms with Crippen LogP contribution in [0.3, 0.4) is 0 Å². The molecule has 1 aromatic carbocycles. The van der Waals surface area contributed by atoms with Crippen LogP contribution in [0.4, 0.5) is 0 Å². The van der Waals surface area contributed by atoms with Crippen molar-refractivity contribution < 1.29 is 17.9 Å². The van der Waals surface area contributed by atoms with Crippen molar-refractivity contribution in [3.8, 4) is 0 Å². The first-order valence-electron chi connectivity index (χ1n) is 6.34. The second-order valence-corrected chi connectivity index (χ2v) is 6.72. The largest absolute Gasteiger partial charge is 0.383 e. The zero-order valence-electron chi connectivity index (χ0n) is 11.7. The van der Waals surface area contributed by atoms with E-state index in [2.05, 4.69) is 4.98 Å². The first-order valence-corrected chi connectivity index (χ1v) is 7.89. The number of carbonyl (C=O) groups is 1. The van der Waals surface area contributed by atoms with Crippen molar-refractivity contribution in [3.05, 3.63) is 42.2 Å². The highest BCUT2D eigenvalue weighted by Gasteiger charge is 2.24. The van der Waals surface area contributed by atoms with Gasteiger partial charge in [0.2, 0.25) is 10.0 Å². The second kappa shape index (κ2) is 6.19. The number of carbonyl (C=O) groups excluding carboxylic acids is 1. The molecule has 21 heavy (non-hydrogen) atoms. The van der Waals surface area contributed by atoms with Crippen molar-refractivity contribution in [3.63, 3.8) is 0 Å². The van der Waals surface area contributed by atoms with Gasteiger partial charge >= 0.3 is 0 Å². The number of amides is 1. The second-order valence-electron chi connectivity index (χ2n) is 4.62. The lowest BCUT2D eigenvalue weighted by Gasteiger charge is -2.13. The van der Waals surface area contributed by atoms with E-state index in [-0.39, 0.29) is 12.3 Å². The molecular weight excluding hydrogens is 292 g/mol. The molecule has 2 aromatic rings. The Balaban J connectivity index is 2.31. The molecule has 1 amide bonds. The van der Waals surface area contributed by atoms with E-state index in [0.29, 0.717) is 5.39 Å². The molecule has 2 rings (SSSR count). The van der Waals surface area contributed by atoms with Crippen LogP contribution in [0.25, 0.3) is 10.8 Å². The van der Waals surface area contributed by atoms with Gasteiger partial charge in [0.05, 0.1) is 6.61 Å². The average molecular weight is 308 g/mol. The standard InChI is InChI=1S/C14H16N2O4S/c1-10(9-20-2)21(18,19)16-14(17)13-12-6-4-3-5-11(12)7-8-15-13/h3-8,10H,9H2,1-2H3,(H,16,17)/t10-/m1/s1. The van der Waals surface area contributed by atoms with Crippen LogP contribution in [-0.4, -0.2) is 38.3 Å². The Morgan fingerprint density at radius 2 is 2.05 bits per heavy atom. The van der Waals surface area contributed by atoms with Crippen molar-refractivity contribution in [1.82, 2.24) is 9.71 Å². The highest BCUT2D eigenvalue weighted by Crippen LogP contribution is 2.16. The number of methoxy groups -OCH3 is 1. The number of hydrogen-bond acceptors (Lipinski definition) is 5. The van der Waals surface area contributed by atoms with Crippen molar-refractivity contribution >= 4 is 26.7 Å². The van der Waals surface area contributed by atoms with E-state index in [1.54, 1.807) is 18.2 Å². The van der Waals surface area contributed by atoms with Crippen LogP contribution >= 0.6 is 0 Å². The van der Waals surface area contributed by atoms with Gasteiger partial charge in [-0.05, 0) is 18.4 Å². The van der Waals surface area contributed by atoms with Crippen LogP contribution in [0, 0.1) is 0 Å². The molecule has 0 unspecified atom stereocenters. The molecular formula is C14H16N2O4S. The third-order valence-electron chi connectivity index (χ3n) is 3.05. The quantitative estimate of drug-likeness (QED) is 0.900. The van der Waals surface area contributed by atoms with Gasteiger partial charge in [0.1, 0.15) is 10.9 Å². The summed E-state index contributed by atoms with van der Waals surface area (Å²) in [5.41, 5.74) is 0.0845. The average Bonchev–Trinajstić information content (AvgIpc) is 2.46. The summed E-state index contributed by atoms with van der Waals surface area (Å²) in [6, 6.07) is 8.91. The fourth-order valence-electron chi connectivity index (χ4n) is 1.90. The highest BCUT2D eigenvalue weighted by atomic mass is 32.2. The topological polar surface area (TPSA) is 85.4 Å². The number of ether oxygens (including phenoxy) is 1.